The fourth-order valence-corrected chi connectivity index (χ4v) is 4.87. The lowest BCUT2D eigenvalue weighted by molar-refractivity contribution is -0.122. The van der Waals surface area contributed by atoms with Gasteiger partial charge in [-0.25, -0.2) is 0 Å². The van der Waals surface area contributed by atoms with Gasteiger partial charge >= 0.3 is 0 Å². The Kier molecular flexibility index (Phi) is 7.16. The fraction of sp³-hybridized carbons (Fsp3) is 0.417. The van der Waals surface area contributed by atoms with Crippen LogP contribution in [-0.2, 0) is 4.79 Å². The number of carbonyl (C=O) groups is 2. The molecular formula is C24H30ClN3O2. The third kappa shape index (κ3) is 4.85. The highest BCUT2D eigenvalue weighted by atomic mass is 35.5. The molecule has 6 heteroatoms. The van der Waals surface area contributed by atoms with Crippen LogP contribution in [-0.4, -0.2) is 17.9 Å². The lowest BCUT2D eigenvalue weighted by Crippen LogP contribution is -2.48. The number of aryl methyl sites for hydroxylation is 1. The number of fused-ring (bicyclic) bond motifs is 2. The van der Waals surface area contributed by atoms with Crippen LogP contribution < -0.4 is 16.4 Å². The average Bonchev–Trinajstić information content (AvgIpc) is 2.71. The first kappa shape index (κ1) is 22.3. The first-order valence-electron chi connectivity index (χ1n) is 10.5. The molecule has 0 spiro atoms. The summed E-state index contributed by atoms with van der Waals surface area (Å²) in [4.78, 5) is 25.4. The Morgan fingerprint density at radius 3 is 2.30 bits per heavy atom. The molecule has 2 saturated carbocycles. The normalized spacial score (nSPS) is 25.0. The molecule has 30 heavy (non-hydrogen) atoms. The van der Waals surface area contributed by atoms with Crippen LogP contribution in [0.4, 0.5) is 11.4 Å². The summed E-state index contributed by atoms with van der Waals surface area (Å²) in [5.41, 5.74) is 9.36. The van der Waals surface area contributed by atoms with Gasteiger partial charge < -0.3 is 16.4 Å². The summed E-state index contributed by atoms with van der Waals surface area (Å²) in [7, 11) is 0. The summed E-state index contributed by atoms with van der Waals surface area (Å²) in [6, 6.07) is 15.0. The van der Waals surface area contributed by atoms with Crippen LogP contribution in [0.2, 0.25) is 0 Å². The van der Waals surface area contributed by atoms with E-state index in [1.54, 1.807) is 12.1 Å². The van der Waals surface area contributed by atoms with E-state index in [4.69, 9.17) is 5.73 Å². The molecule has 0 radical (unpaired) electrons. The molecule has 2 bridgehead atoms. The van der Waals surface area contributed by atoms with Gasteiger partial charge in [0.2, 0.25) is 5.91 Å². The van der Waals surface area contributed by atoms with E-state index in [2.05, 4.69) is 10.6 Å². The quantitative estimate of drug-likeness (QED) is 0.657. The van der Waals surface area contributed by atoms with E-state index in [1.807, 2.05) is 43.3 Å². The van der Waals surface area contributed by atoms with Crippen molar-refractivity contribution in [2.24, 2.45) is 23.5 Å². The summed E-state index contributed by atoms with van der Waals surface area (Å²) < 4.78 is 0. The molecule has 0 aromatic heterocycles. The van der Waals surface area contributed by atoms with Crippen LogP contribution in [0.25, 0.3) is 0 Å². The third-order valence-electron chi connectivity index (χ3n) is 6.57. The summed E-state index contributed by atoms with van der Waals surface area (Å²) in [6.45, 7) is 1.96. The van der Waals surface area contributed by atoms with Gasteiger partial charge in [0.1, 0.15) is 0 Å². The van der Waals surface area contributed by atoms with Crippen molar-refractivity contribution in [1.29, 1.82) is 0 Å². The standard InChI is InChI=1S/C24H29N3O2.ClH/c1-15-10-11-20(26-23(28)16-6-3-2-4-7-16)14-21(15)27-24(29)19-12-17-8-5-9-18(13-19)22(17)25;/h2-4,6-7,10-11,14,17-19,22H,5,8-9,12-13,25H2,1H3,(H,26,28)(H,27,29);1H. The highest BCUT2D eigenvalue weighted by Gasteiger charge is 2.40. The van der Waals surface area contributed by atoms with Gasteiger partial charge in [0.15, 0.2) is 0 Å². The van der Waals surface area contributed by atoms with Crippen molar-refractivity contribution in [3.8, 4) is 0 Å². The maximum atomic E-state index is 13.0. The zero-order valence-electron chi connectivity index (χ0n) is 17.3. The number of benzene rings is 2. The number of nitrogens with one attached hydrogen (secondary N) is 2. The molecule has 5 nitrogen and oxygen atoms in total. The van der Waals surface area contributed by atoms with Crippen molar-refractivity contribution < 1.29 is 9.59 Å². The molecule has 0 saturated heterocycles. The van der Waals surface area contributed by atoms with Crippen molar-refractivity contribution in [2.75, 3.05) is 10.6 Å². The number of anilines is 2. The van der Waals surface area contributed by atoms with Crippen LogP contribution in [0, 0.1) is 24.7 Å². The van der Waals surface area contributed by atoms with E-state index in [1.165, 1.54) is 6.42 Å². The fourth-order valence-electron chi connectivity index (χ4n) is 4.87. The number of halogens is 1. The van der Waals surface area contributed by atoms with Gasteiger partial charge in [-0.1, -0.05) is 30.7 Å². The molecule has 0 heterocycles. The number of rotatable bonds is 4. The zero-order chi connectivity index (χ0) is 20.4. The predicted octanol–water partition coefficient (Wildman–Crippen LogP) is 4.76. The number of hydrogen-bond acceptors (Lipinski definition) is 3. The number of hydrogen-bond donors (Lipinski definition) is 3. The molecule has 2 aromatic carbocycles. The monoisotopic (exact) mass is 427 g/mol. The Morgan fingerprint density at radius 2 is 1.63 bits per heavy atom. The minimum atomic E-state index is -0.166. The summed E-state index contributed by atoms with van der Waals surface area (Å²) in [5.74, 6) is 0.864. The van der Waals surface area contributed by atoms with Gasteiger partial charge in [-0.05, 0) is 74.3 Å². The minimum absolute atomic E-state index is 0. The van der Waals surface area contributed by atoms with Gasteiger partial charge in [-0.15, -0.1) is 12.4 Å². The lowest BCUT2D eigenvalue weighted by Gasteiger charge is -2.43. The lowest BCUT2D eigenvalue weighted by atomic mass is 9.65. The maximum absolute atomic E-state index is 13.0. The van der Waals surface area contributed by atoms with Gasteiger partial charge in [-0.2, -0.15) is 0 Å². The van der Waals surface area contributed by atoms with Gasteiger partial charge in [0.25, 0.3) is 5.91 Å². The highest BCUT2D eigenvalue weighted by Crippen LogP contribution is 2.42. The average molecular weight is 428 g/mol. The van der Waals surface area contributed by atoms with Gasteiger partial charge in [0.05, 0.1) is 0 Å². The van der Waals surface area contributed by atoms with E-state index in [0.717, 1.165) is 36.9 Å². The molecular weight excluding hydrogens is 398 g/mol. The Balaban J connectivity index is 0.00000256. The minimum Gasteiger partial charge on any atom is -0.327 e. The van der Waals surface area contributed by atoms with Crippen molar-refractivity contribution in [3.05, 3.63) is 59.7 Å². The molecule has 2 aliphatic carbocycles. The van der Waals surface area contributed by atoms with Crippen molar-refractivity contribution >= 4 is 35.6 Å². The molecule has 2 fully saturated rings. The largest absolute Gasteiger partial charge is 0.327 e. The maximum Gasteiger partial charge on any atom is 0.255 e. The molecule has 2 atom stereocenters. The van der Waals surface area contributed by atoms with Crippen molar-refractivity contribution in [3.63, 3.8) is 0 Å². The number of carbonyl (C=O) groups excluding carboxylic acids is 2. The molecule has 4 N–H and O–H groups in total. The van der Waals surface area contributed by atoms with Crippen LogP contribution in [0.1, 0.15) is 48.0 Å². The number of nitrogens with two attached hydrogens (primary N) is 1. The van der Waals surface area contributed by atoms with Gasteiger partial charge in [-0.3, -0.25) is 9.59 Å². The van der Waals surface area contributed by atoms with E-state index >= 15 is 0 Å². The Labute approximate surface area is 184 Å². The topological polar surface area (TPSA) is 84.2 Å². The van der Waals surface area contributed by atoms with Crippen LogP contribution in [0.5, 0.6) is 0 Å². The summed E-state index contributed by atoms with van der Waals surface area (Å²) in [5, 5.41) is 6.02. The molecule has 0 aliphatic heterocycles. The predicted molar refractivity (Wildman–Crippen MR) is 123 cm³/mol. The molecule has 2 aromatic rings. The first-order valence-corrected chi connectivity index (χ1v) is 10.5. The first-order chi connectivity index (χ1) is 14.0. The van der Waals surface area contributed by atoms with Crippen LogP contribution >= 0.6 is 12.4 Å². The van der Waals surface area contributed by atoms with E-state index < -0.39 is 0 Å². The summed E-state index contributed by atoms with van der Waals surface area (Å²) in [6.07, 6.45) is 5.28. The number of amides is 2. The molecule has 160 valence electrons. The third-order valence-corrected chi connectivity index (χ3v) is 6.57. The zero-order valence-corrected chi connectivity index (χ0v) is 18.1. The SMILES string of the molecule is Cc1ccc(NC(=O)c2ccccc2)cc1NC(=O)C1CC2CCCC(C1)C2N.Cl. The highest BCUT2D eigenvalue weighted by molar-refractivity contribution is 6.04. The van der Waals surface area contributed by atoms with E-state index in [0.29, 0.717) is 23.1 Å². The second-order valence-corrected chi connectivity index (χ2v) is 8.54. The van der Waals surface area contributed by atoms with Crippen molar-refractivity contribution in [1.82, 2.24) is 0 Å². The Hall–Kier alpha value is -2.37. The molecule has 4 rings (SSSR count). The van der Waals surface area contributed by atoms with Crippen LogP contribution in [0.3, 0.4) is 0 Å². The molecule has 2 unspecified atom stereocenters. The van der Waals surface area contributed by atoms with Crippen LogP contribution in [0.15, 0.2) is 48.5 Å². The smallest absolute Gasteiger partial charge is 0.255 e. The second kappa shape index (κ2) is 9.63. The molecule has 2 aliphatic rings. The van der Waals surface area contributed by atoms with E-state index in [9.17, 15) is 9.59 Å². The van der Waals surface area contributed by atoms with Crippen molar-refractivity contribution in [2.45, 2.75) is 45.1 Å². The van der Waals surface area contributed by atoms with Gasteiger partial charge in [0, 0.05) is 28.9 Å². The second-order valence-electron chi connectivity index (χ2n) is 8.54. The Bertz CT molecular complexity index is 889. The summed E-state index contributed by atoms with van der Waals surface area (Å²) >= 11 is 0. The van der Waals surface area contributed by atoms with E-state index in [-0.39, 0.29) is 36.2 Å². The Morgan fingerprint density at radius 1 is 0.967 bits per heavy atom. The molecule has 2 amide bonds.